The van der Waals surface area contributed by atoms with Crippen LogP contribution in [0, 0.1) is 11.3 Å². The van der Waals surface area contributed by atoms with Crippen LogP contribution in [-0.4, -0.2) is 76.7 Å². The number of morpholine rings is 1. The maximum Gasteiger partial charge on any atom is 0.317 e. The molecule has 1 N–H and O–H groups in total. The Bertz CT molecular complexity index is 819. The first kappa shape index (κ1) is 26.4. The average Bonchev–Trinajstić information content (AvgIpc) is 2.76. The van der Waals surface area contributed by atoms with Gasteiger partial charge in [0.2, 0.25) is 10.0 Å². The number of rotatable bonds is 11. The molecule has 0 spiro atoms. The smallest absolute Gasteiger partial charge is 0.317 e. The lowest BCUT2D eigenvalue weighted by Gasteiger charge is -2.33. The maximum absolute atomic E-state index is 13.4. The summed E-state index contributed by atoms with van der Waals surface area (Å²) in [6.45, 7) is 12.0. The number of carbonyl (C=O) groups is 1. The normalized spacial score (nSPS) is 15.3. The molecule has 1 aliphatic heterocycles. The van der Waals surface area contributed by atoms with Crippen LogP contribution in [0.4, 0.5) is 4.79 Å². The number of nitrogens with zero attached hydrogens (tertiary/aromatic N) is 2. The molecule has 0 unspecified atom stereocenters. The van der Waals surface area contributed by atoms with Gasteiger partial charge < -0.3 is 19.7 Å². The van der Waals surface area contributed by atoms with E-state index in [9.17, 15) is 13.2 Å². The summed E-state index contributed by atoms with van der Waals surface area (Å²) < 4.78 is 38.7. The lowest BCUT2D eigenvalue weighted by Crippen LogP contribution is -2.46. The SMILES string of the molecule is COc1ccc(S(=O)(=O)N(CC(C)C)CC(C)(C)CCCNC(=O)N2CCOCC2)cc1. The topological polar surface area (TPSA) is 88.2 Å². The fraction of sp³-hybridized carbons (Fsp3) is 0.696. The quantitative estimate of drug-likeness (QED) is 0.503. The highest BCUT2D eigenvalue weighted by molar-refractivity contribution is 7.89. The molecule has 0 atom stereocenters. The first-order chi connectivity index (χ1) is 15.0. The van der Waals surface area contributed by atoms with E-state index in [0.29, 0.717) is 51.7 Å². The van der Waals surface area contributed by atoms with E-state index >= 15 is 0 Å². The van der Waals surface area contributed by atoms with Gasteiger partial charge in [-0.2, -0.15) is 4.31 Å². The molecule has 0 saturated carbocycles. The zero-order chi connectivity index (χ0) is 23.8. The molecule has 1 saturated heterocycles. The van der Waals surface area contributed by atoms with E-state index in [-0.39, 0.29) is 22.3 Å². The van der Waals surface area contributed by atoms with Crippen LogP contribution in [0.2, 0.25) is 0 Å². The third-order valence-electron chi connectivity index (χ3n) is 5.48. The molecule has 0 aromatic heterocycles. The summed E-state index contributed by atoms with van der Waals surface area (Å²) in [5.74, 6) is 0.824. The third-order valence-corrected chi connectivity index (χ3v) is 7.30. The molecule has 0 bridgehead atoms. The highest BCUT2D eigenvalue weighted by Crippen LogP contribution is 2.28. The average molecular weight is 470 g/mol. The largest absolute Gasteiger partial charge is 0.497 e. The lowest BCUT2D eigenvalue weighted by molar-refractivity contribution is 0.0532. The molecule has 1 aromatic carbocycles. The van der Waals surface area contributed by atoms with Gasteiger partial charge in [-0.25, -0.2) is 13.2 Å². The molecular formula is C23H39N3O5S. The Balaban J connectivity index is 1.96. The first-order valence-corrected chi connectivity index (χ1v) is 12.7. The molecule has 0 radical (unpaired) electrons. The number of hydrogen-bond donors (Lipinski definition) is 1. The zero-order valence-corrected chi connectivity index (χ0v) is 20.9. The van der Waals surface area contributed by atoms with Crippen LogP contribution in [0.5, 0.6) is 5.75 Å². The molecule has 2 amide bonds. The van der Waals surface area contributed by atoms with Gasteiger partial charge >= 0.3 is 6.03 Å². The van der Waals surface area contributed by atoms with Crippen LogP contribution in [0.15, 0.2) is 29.2 Å². The second-order valence-electron chi connectivity index (χ2n) is 9.47. The minimum Gasteiger partial charge on any atom is -0.497 e. The standard InChI is InChI=1S/C23H39N3O5S/c1-19(2)17-26(32(28,29)21-9-7-20(30-5)8-10-21)18-23(3,4)11-6-12-24-22(27)25-13-15-31-16-14-25/h7-10,19H,6,11-18H2,1-5H3,(H,24,27). The molecule has 32 heavy (non-hydrogen) atoms. The van der Waals surface area contributed by atoms with E-state index < -0.39 is 10.0 Å². The zero-order valence-electron chi connectivity index (χ0n) is 20.1. The van der Waals surface area contributed by atoms with Crippen molar-refractivity contribution in [3.05, 3.63) is 24.3 Å². The van der Waals surface area contributed by atoms with E-state index in [1.54, 1.807) is 40.6 Å². The minimum atomic E-state index is -3.62. The number of benzene rings is 1. The van der Waals surface area contributed by atoms with Crippen molar-refractivity contribution in [2.45, 2.75) is 45.4 Å². The minimum absolute atomic E-state index is 0.0605. The van der Waals surface area contributed by atoms with Gasteiger partial charge in [-0.15, -0.1) is 0 Å². The van der Waals surface area contributed by atoms with Gasteiger partial charge in [0.25, 0.3) is 0 Å². The van der Waals surface area contributed by atoms with Crippen LogP contribution in [0.1, 0.15) is 40.5 Å². The number of urea groups is 1. The number of amides is 2. The summed E-state index contributed by atoms with van der Waals surface area (Å²) in [6, 6.07) is 6.46. The van der Waals surface area contributed by atoms with Gasteiger partial charge in [-0.3, -0.25) is 0 Å². The fourth-order valence-electron chi connectivity index (χ4n) is 3.75. The van der Waals surface area contributed by atoms with Crippen molar-refractivity contribution < 1.29 is 22.7 Å². The Labute approximate surface area is 193 Å². The molecule has 1 heterocycles. The first-order valence-electron chi connectivity index (χ1n) is 11.3. The molecule has 9 heteroatoms. The Morgan fingerprint density at radius 3 is 2.41 bits per heavy atom. The molecule has 2 rings (SSSR count). The molecule has 1 aliphatic rings. The second-order valence-corrected chi connectivity index (χ2v) is 11.4. The van der Waals surface area contributed by atoms with E-state index in [1.807, 2.05) is 13.8 Å². The highest BCUT2D eigenvalue weighted by Gasteiger charge is 2.31. The Morgan fingerprint density at radius 2 is 1.84 bits per heavy atom. The van der Waals surface area contributed by atoms with Gasteiger partial charge in [0.05, 0.1) is 25.2 Å². The van der Waals surface area contributed by atoms with Crippen molar-refractivity contribution in [1.29, 1.82) is 0 Å². The summed E-state index contributed by atoms with van der Waals surface area (Å²) in [5, 5.41) is 2.97. The van der Waals surface area contributed by atoms with E-state index in [1.165, 1.54) is 0 Å². The van der Waals surface area contributed by atoms with Gasteiger partial charge in [-0.1, -0.05) is 27.7 Å². The lowest BCUT2D eigenvalue weighted by atomic mass is 9.87. The second kappa shape index (κ2) is 11.9. The highest BCUT2D eigenvalue weighted by atomic mass is 32.2. The molecule has 0 aliphatic carbocycles. The van der Waals surface area contributed by atoms with Crippen LogP contribution < -0.4 is 10.1 Å². The van der Waals surface area contributed by atoms with Crippen molar-refractivity contribution in [3.8, 4) is 5.75 Å². The molecule has 1 fully saturated rings. The van der Waals surface area contributed by atoms with Crippen LogP contribution in [0.3, 0.4) is 0 Å². The van der Waals surface area contributed by atoms with E-state index in [0.717, 1.165) is 12.8 Å². The van der Waals surface area contributed by atoms with Gasteiger partial charge in [0.15, 0.2) is 0 Å². The van der Waals surface area contributed by atoms with Crippen molar-refractivity contribution >= 4 is 16.1 Å². The van der Waals surface area contributed by atoms with Crippen molar-refractivity contribution in [2.75, 3.05) is 53.0 Å². The van der Waals surface area contributed by atoms with Gasteiger partial charge in [0.1, 0.15) is 5.75 Å². The Morgan fingerprint density at radius 1 is 1.22 bits per heavy atom. The van der Waals surface area contributed by atoms with Crippen LogP contribution in [0.25, 0.3) is 0 Å². The predicted molar refractivity (Wildman–Crippen MR) is 125 cm³/mol. The summed E-state index contributed by atoms with van der Waals surface area (Å²) in [7, 11) is -2.07. The van der Waals surface area contributed by atoms with Crippen molar-refractivity contribution in [3.63, 3.8) is 0 Å². The maximum atomic E-state index is 13.4. The Hall–Kier alpha value is -1.84. The molecule has 1 aromatic rings. The summed E-state index contributed by atoms with van der Waals surface area (Å²) >= 11 is 0. The number of hydrogen-bond acceptors (Lipinski definition) is 5. The van der Waals surface area contributed by atoms with Crippen molar-refractivity contribution in [2.24, 2.45) is 11.3 Å². The summed E-state index contributed by atoms with van der Waals surface area (Å²) in [5.41, 5.74) is -0.238. The number of ether oxygens (including phenoxy) is 2. The number of nitrogens with one attached hydrogen (secondary N) is 1. The molecular weight excluding hydrogens is 430 g/mol. The third kappa shape index (κ3) is 7.94. The number of methoxy groups -OCH3 is 1. The monoisotopic (exact) mass is 469 g/mol. The summed E-state index contributed by atoms with van der Waals surface area (Å²) in [4.78, 5) is 14.3. The van der Waals surface area contributed by atoms with E-state index in [2.05, 4.69) is 19.2 Å². The molecule has 8 nitrogen and oxygen atoms in total. The van der Waals surface area contributed by atoms with Gasteiger partial charge in [-0.05, 0) is 48.4 Å². The van der Waals surface area contributed by atoms with Crippen LogP contribution >= 0.6 is 0 Å². The van der Waals surface area contributed by atoms with Crippen molar-refractivity contribution in [1.82, 2.24) is 14.5 Å². The summed E-state index contributed by atoms with van der Waals surface area (Å²) in [6.07, 6.45) is 1.57. The van der Waals surface area contributed by atoms with E-state index in [4.69, 9.17) is 9.47 Å². The van der Waals surface area contributed by atoms with Gasteiger partial charge in [0, 0.05) is 32.7 Å². The number of sulfonamides is 1. The molecule has 182 valence electrons. The predicted octanol–water partition coefficient (Wildman–Crippen LogP) is 3.19. The van der Waals surface area contributed by atoms with Crippen LogP contribution in [-0.2, 0) is 14.8 Å². The Kier molecular flexibility index (Phi) is 9.79. The number of carbonyl (C=O) groups excluding carboxylic acids is 1. The fourth-order valence-corrected chi connectivity index (χ4v) is 5.54.